The first-order valence-corrected chi connectivity index (χ1v) is 6.98. The average molecular weight is 299 g/mol. The molecule has 0 saturated carbocycles. The van der Waals surface area contributed by atoms with Crippen molar-refractivity contribution in [3.05, 3.63) is 65.8 Å². The second kappa shape index (κ2) is 9.34. The van der Waals surface area contributed by atoms with E-state index in [0.29, 0.717) is 17.2 Å². The van der Waals surface area contributed by atoms with E-state index in [1.54, 1.807) is 24.3 Å². The Balaban J connectivity index is 0.000000220. The molecule has 0 heterocycles. The van der Waals surface area contributed by atoms with Crippen molar-refractivity contribution in [2.75, 3.05) is 12.8 Å². The van der Waals surface area contributed by atoms with Crippen LogP contribution in [-0.4, -0.2) is 19.4 Å². The van der Waals surface area contributed by atoms with Gasteiger partial charge in [0.05, 0.1) is 12.7 Å². The Labute approximate surface area is 131 Å². The number of para-hydroxylation sites is 1. The van der Waals surface area contributed by atoms with E-state index in [4.69, 9.17) is 5.73 Å². The molecule has 1 atom stereocenters. The first-order chi connectivity index (χ1) is 10.6. The van der Waals surface area contributed by atoms with E-state index in [1.165, 1.54) is 7.11 Å². The van der Waals surface area contributed by atoms with Crippen LogP contribution in [0.4, 0.5) is 5.69 Å². The number of carbonyl (C=O) groups is 2. The van der Waals surface area contributed by atoms with Crippen molar-refractivity contribution in [1.82, 2.24) is 0 Å². The number of carbonyl (C=O) groups excluding carboxylic acids is 2. The molecule has 4 heteroatoms. The van der Waals surface area contributed by atoms with E-state index >= 15 is 0 Å². The lowest BCUT2D eigenvalue weighted by Crippen LogP contribution is -2.04. The second-order valence-electron chi connectivity index (χ2n) is 4.82. The van der Waals surface area contributed by atoms with E-state index < -0.39 is 5.97 Å². The number of esters is 1. The summed E-state index contributed by atoms with van der Waals surface area (Å²) in [6.45, 7) is 1.83. The van der Waals surface area contributed by atoms with Crippen LogP contribution >= 0.6 is 0 Å². The highest BCUT2D eigenvalue weighted by molar-refractivity contribution is 5.94. The van der Waals surface area contributed by atoms with Crippen LogP contribution in [0.15, 0.2) is 60.2 Å². The van der Waals surface area contributed by atoms with E-state index in [-0.39, 0.29) is 0 Å². The fraction of sp³-hybridized carbons (Fsp3) is 0.222. The third-order valence-electron chi connectivity index (χ3n) is 3.04. The number of hydrogen-bond acceptors (Lipinski definition) is 4. The van der Waals surface area contributed by atoms with Crippen molar-refractivity contribution in [1.29, 1.82) is 0 Å². The number of methoxy groups -OCH3 is 1. The van der Waals surface area contributed by atoms with Crippen molar-refractivity contribution in [3.8, 4) is 0 Å². The van der Waals surface area contributed by atoms with Gasteiger partial charge in [0.1, 0.15) is 6.29 Å². The molecule has 0 radical (unpaired) electrons. The molecular formula is C18H21NO3. The summed E-state index contributed by atoms with van der Waals surface area (Å²) in [6, 6.07) is 6.79. The summed E-state index contributed by atoms with van der Waals surface area (Å²) in [5.74, 6) is 0.0216. The third kappa shape index (κ3) is 5.79. The van der Waals surface area contributed by atoms with Gasteiger partial charge in [-0.05, 0) is 37.0 Å². The smallest absolute Gasteiger partial charge is 0.339 e. The first kappa shape index (κ1) is 17.4. The number of hydrogen-bond donors (Lipinski definition) is 1. The van der Waals surface area contributed by atoms with Gasteiger partial charge in [-0.25, -0.2) is 4.79 Å². The largest absolute Gasteiger partial charge is 0.465 e. The van der Waals surface area contributed by atoms with Crippen molar-refractivity contribution < 1.29 is 14.3 Å². The first-order valence-electron chi connectivity index (χ1n) is 6.98. The number of aldehydes is 1. The van der Waals surface area contributed by atoms with Crippen LogP contribution in [0.2, 0.25) is 0 Å². The predicted molar refractivity (Wildman–Crippen MR) is 88.4 cm³/mol. The van der Waals surface area contributed by atoms with Gasteiger partial charge in [-0.3, -0.25) is 4.79 Å². The van der Waals surface area contributed by atoms with Gasteiger partial charge in [-0.2, -0.15) is 0 Å². The van der Waals surface area contributed by atoms with Gasteiger partial charge in [-0.15, -0.1) is 0 Å². The maximum absolute atomic E-state index is 10.9. The molecule has 0 aromatic heterocycles. The summed E-state index contributed by atoms with van der Waals surface area (Å²) < 4.78 is 4.50. The quantitative estimate of drug-likeness (QED) is 0.402. The number of ether oxygens (including phenoxy) is 1. The molecule has 4 nitrogen and oxygen atoms in total. The molecule has 0 fully saturated rings. The zero-order valence-electron chi connectivity index (χ0n) is 12.9. The van der Waals surface area contributed by atoms with Gasteiger partial charge in [0.2, 0.25) is 0 Å². The Morgan fingerprint density at radius 3 is 2.59 bits per heavy atom. The maximum Gasteiger partial charge on any atom is 0.339 e. The summed E-state index contributed by atoms with van der Waals surface area (Å²) in [4.78, 5) is 21.2. The molecular weight excluding hydrogens is 278 g/mol. The number of rotatable bonds is 3. The van der Waals surface area contributed by atoms with Gasteiger partial charge in [0.15, 0.2) is 0 Å². The molecule has 0 spiro atoms. The predicted octanol–water partition coefficient (Wildman–Crippen LogP) is 3.32. The molecule has 116 valence electrons. The molecule has 2 N–H and O–H groups in total. The Morgan fingerprint density at radius 1 is 1.32 bits per heavy atom. The maximum atomic E-state index is 10.9. The Morgan fingerprint density at radius 2 is 2.05 bits per heavy atom. The van der Waals surface area contributed by atoms with Crippen molar-refractivity contribution >= 4 is 17.9 Å². The Hall–Kier alpha value is -2.62. The lowest BCUT2D eigenvalue weighted by molar-refractivity contribution is -0.104. The molecule has 0 bridgehead atoms. The lowest BCUT2D eigenvalue weighted by Gasteiger charge is -2.06. The minimum Gasteiger partial charge on any atom is -0.465 e. The van der Waals surface area contributed by atoms with Crippen LogP contribution in [0.25, 0.3) is 0 Å². The van der Waals surface area contributed by atoms with E-state index in [0.717, 1.165) is 18.3 Å². The van der Waals surface area contributed by atoms with Gasteiger partial charge in [-0.1, -0.05) is 42.5 Å². The van der Waals surface area contributed by atoms with Crippen LogP contribution < -0.4 is 5.73 Å². The zero-order chi connectivity index (χ0) is 16.4. The van der Waals surface area contributed by atoms with Gasteiger partial charge in [0, 0.05) is 5.69 Å². The summed E-state index contributed by atoms with van der Waals surface area (Å²) in [5.41, 5.74) is 7.17. The zero-order valence-corrected chi connectivity index (χ0v) is 12.9. The van der Waals surface area contributed by atoms with E-state index in [1.807, 2.05) is 25.2 Å². The topological polar surface area (TPSA) is 69.4 Å². The third-order valence-corrected chi connectivity index (χ3v) is 3.04. The normalized spacial score (nSPS) is 16.5. The number of allylic oxidation sites excluding steroid dienone is 6. The highest BCUT2D eigenvalue weighted by atomic mass is 16.5. The standard InChI is InChI=1S/C10H12O.C8H9NO2/c1-9(8-11)7-10-5-3-2-4-6-10;1-11-8(10)6-4-2-3-5-7(6)9/h2-5,7-8,10H,6H2,1H3;2-5H,9H2,1H3. The Bertz CT molecular complexity index is 600. The second-order valence-corrected chi connectivity index (χ2v) is 4.82. The summed E-state index contributed by atoms with van der Waals surface area (Å²) in [6.07, 6.45) is 12.2. The van der Waals surface area contributed by atoms with Crippen LogP contribution in [0.1, 0.15) is 23.7 Å². The van der Waals surface area contributed by atoms with Crippen LogP contribution in [0, 0.1) is 5.92 Å². The molecule has 1 aromatic rings. The average Bonchev–Trinajstić information content (AvgIpc) is 2.56. The van der Waals surface area contributed by atoms with Crippen molar-refractivity contribution in [2.24, 2.45) is 5.92 Å². The van der Waals surface area contributed by atoms with Gasteiger partial charge >= 0.3 is 5.97 Å². The molecule has 1 aromatic carbocycles. The summed E-state index contributed by atoms with van der Waals surface area (Å²) >= 11 is 0. The molecule has 0 amide bonds. The SMILES string of the molecule is CC(C=O)=CC1C=CC=CC1.COC(=O)c1ccccc1N. The highest BCUT2D eigenvalue weighted by Crippen LogP contribution is 2.14. The van der Waals surface area contributed by atoms with Crippen LogP contribution in [0.3, 0.4) is 0 Å². The molecule has 1 unspecified atom stereocenters. The molecule has 1 aliphatic carbocycles. The number of anilines is 1. The number of nitrogen functional groups attached to an aromatic ring is 1. The molecule has 2 rings (SSSR count). The van der Waals surface area contributed by atoms with Crippen LogP contribution in [0.5, 0.6) is 0 Å². The van der Waals surface area contributed by atoms with E-state index in [2.05, 4.69) is 16.9 Å². The molecule has 0 aliphatic heterocycles. The minimum atomic E-state index is -0.400. The van der Waals surface area contributed by atoms with Crippen molar-refractivity contribution in [2.45, 2.75) is 13.3 Å². The number of nitrogens with two attached hydrogens (primary N) is 1. The molecule has 0 saturated heterocycles. The number of benzene rings is 1. The molecule has 22 heavy (non-hydrogen) atoms. The molecule has 1 aliphatic rings. The van der Waals surface area contributed by atoms with Crippen LogP contribution in [-0.2, 0) is 9.53 Å². The minimum absolute atomic E-state index is 0.400. The highest BCUT2D eigenvalue weighted by Gasteiger charge is 2.06. The summed E-state index contributed by atoms with van der Waals surface area (Å²) in [7, 11) is 1.33. The van der Waals surface area contributed by atoms with Crippen molar-refractivity contribution in [3.63, 3.8) is 0 Å². The van der Waals surface area contributed by atoms with Gasteiger partial charge in [0.25, 0.3) is 0 Å². The van der Waals surface area contributed by atoms with E-state index in [9.17, 15) is 9.59 Å². The van der Waals surface area contributed by atoms with Gasteiger partial charge < -0.3 is 10.5 Å². The fourth-order valence-corrected chi connectivity index (χ4v) is 1.89. The monoisotopic (exact) mass is 299 g/mol. The fourth-order valence-electron chi connectivity index (χ4n) is 1.89. The summed E-state index contributed by atoms with van der Waals surface area (Å²) in [5, 5.41) is 0. The lowest BCUT2D eigenvalue weighted by atomic mass is 9.99. The Kier molecular flexibility index (Phi) is 7.40.